The van der Waals surface area contributed by atoms with Crippen LogP contribution in [0, 0.1) is 0 Å². The highest BCUT2D eigenvalue weighted by molar-refractivity contribution is 5.54. The summed E-state index contributed by atoms with van der Waals surface area (Å²) in [5.74, 6) is 1.61. The molecule has 0 aliphatic heterocycles. The first-order valence-corrected chi connectivity index (χ1v) is 6.36. The molecule has 4 heteroatoms. The van der Waals surface area contributed by atoms with Gasteiger partial charge in [-0.2, -0.15) is 0 Å². The Labute approximate surface area is 108 Å². The molecule has 0 atom stereocenters. The molecule has 1 aromatic carbocycles. The molecule has 0 aromatic heterocycles. The smallest absolute Gasteiger partial charge is 0.124 e. The summed E-state index contributed by atoms with van der Waals surface area (Å²) in [6, 6.07) is 6.32. The predicted molar refractivity (Wildman–Crippen MR) is 71.6 cm³/mol. The average molecular weight is 251 g/mol. The van der Waals surface area contributed by atoms with Crippen LogP contribution in [0.3, 0.4) is 0 Å². The molecular weight excluding hydrogens is 230 g/mol. The van der Waals surface area contributed by atoms with Crippen molar-refractivity contribution in [2.45, 2.75) is 31.9 Å². The van der Waals surface area contributed by atoms with Crippen molar-refractivity contribution in [3.8, 4) is 11.5 Å². The van der Waals surface area contributed by atoms with Gasteiger partial charge in [-0.3, -0.25) is 0 Å². The minimum absolute atomic E-state index is 0.417. The number of nitrogens with one attached hydrogen (secondary N) is 1. The van der Waals surface area contributed by atoms with Crippen molar-refractivity contribution in [1.29, 1.82) is 0 Å². The van der Waals surface area contributed by atoms with Crippen molar-refractivity contribution in [1.82, 2.24) is 0 Å². The second kappa shape index (κ2) is 5.96. The number of hydrogen-bond donors (Lipinski definition) is 1. The number of methoxy groups -OCH3 is 2. The first-order chi connectivity index (χ1) is 8.75. The molecule has 1 aromatic rings. The Morgan fingerprint density at radius 2 is 1.72 bits per heavy atom. The van der Waals surface area contributed by atoms with Gasteiger partial charge in [0.1, 0.15) is 11.5 Å². The van der Waals surface area contributed by atoms with Gasteiger partial charge in [-0.1, -0.05) is 0 Å². The molecule has 0 radical (unpaired) electrons. The van der Waals surface area contributed by atoms with Gasteiger partial charge < -0.3 is 19.5 Å². The molecule has 4 nitrogen and oxygen atoms in total. The number of anilines is 1. The van der Waals surface area contributed by atoms with Crippen LogP contribution in [-0.2, 0) is 4.74 Å². The number of hydrogen-bond acceptors (Lipinski definition) is 4. The quantitative estimate of drug-likeness (QED) is 0.843. The minimum Gasteiger partial charge on any atom is -0.497 e. The maximum Gasteiger partial charge on any atom is 0.124 e. The maximum absolute atomic E-state index is 5.55. The molecule has 18 heavy (non-hydrogen) atoms. The monoisotopic (exact) mass is 251 g/mol. The summed E-state index contributed by atoms with van der Waals surface area (Å²) in [7, 11) is 3.32. The van der Waals surface area contributed by atoms with E-state index in [1.165, 1.54) is 0 Å². The van der Waals surface area contributed by atoms with Crippen molar-refractivity contribution in [2.75, 3.05) is 26.1 Å². The van der Waals surface area contributed by atoms with E-state index in [2.05, 4.69) is 5.32 Å². The van der Waals surface area contributed by atoms with Crippen molar-refractivity contribution in [2.24, 2.45) is 0 Å². The van der Waals surface area contributed by atoms with Gasteiger partial charge >= 0.3 is 0 Å². The van der Waals surface area contributed by atoms with Gasteiger partial charge in [0.05, 0.1) is 20.3 Å². The molecule has 100 valence electrons. The molecule has 0 saturated heterocycles. The highest BCUT2D eigenvalue weighted by Gasteiger charge is 2.29. The van der Waals surface area contributed by atoms with Crippen LogP contribution in [0.1, 0.15) is 19.8 Å². The summed E-state index contributed by atoms with van der Waals surface area (Å²) in [5, 5.41) is 3.48. The third-order valence-corrected chi connectivity index (χ3v) is 3.22. The molecule has 0 amide bonds. The fraction of sp³-hybridized carbons (Fsp3) is 0.571. The standard InChI is InChI=1S/C14H21NO3/c1-4-18-14-7-11(8-14)15-10-5-12(16-2)9-13(6-10)17-3/h5-6,9,11,14-15H,4,7-8H2,1-3H3. The second-order valence-electron chi connectivity index (χ2n) is 4.49. The molecule has 1 fully saturated rings. The Hall–Kier alpha value is -1.42. The lowest BCUT2D eigenvalue weighted by Crippen LogP contribution is -2.40. The van der Waals surface area contributed by atoms with Crippen molar-refractivity contribution >= 4 is 5.69 Å². The molecule has 0 spiro atoms. The Morgan fingerprint density at radius 3 is 2.22 bits per heavy atom. The second-order valence-corrected chi connectivity index (χ2v) is 4.49. The zero-order valence-corrected chi connectivity index (χ0v) is 11.2. The molecule has 0 unspecified atom stereocenters. The molecule has 2 rings (SSSR count). The summed E-state index contributed by atoms with van der Waals surface area (Å²) < 4.78 is 16.0. The summed E-state index contributed by atoms with van der Waals surface area (Å²) in [6.45, 7) is 2.83. The topological polar surface area (TPSA) is 39.7 Å². The van der Waals surface area contributed by atoms with E-state index < -0.39 is 0 Å². The van der Waals surface area contributed by atoms with E-state index in [1.807, 2.05) is 25.1 Å². The summed E-state index contributed by atoms with van der Waals surface area (Å²) in [4.78, 5) is 0. The fourth-order valence-corrected chi connectivity index (χ4v) is 2.18. The van der Waals surface area contributed by atoms with E-state index in [4.69, 9.17) is 14.2 Å². The van der Waals surface area contributed by atoms with Gasteiger partial charge in [0.15, 0.2) is 0 Å². The van der Waals surface area contributed by atoms with E-state index in [1.54, 1.807) is 14.2 Å². The van der Waals surface area contributed by atoms with E-state index in [0.29, 0.717) is 12.1 Å². The van der Waals surface area contributed by atoms with Crippen molar-refractivity contribution in [3.05, 3.63) is 18.2 Å². The van der Waals surface area contributed by atoms with Crippen LogP contribution in [0.15, 0.2) is 18.2 Å². The van der Waals surface area contributed by atoms with Gasteiger partial charge in [-0.05, 0) is 19.8 Å². The van der Waals surface area contributed by atoms with Crippen molar-refractivity contribution < 1.29 is 14.2 Å². The van der Waals surface area contributed by atoms with Crippen LogP contribution in [0.4, 0.5) is 5.69 Å². The van der Waals surface area contributed by atoms with Gasteiger partial charge in [-0.15, -0.1) is 0 Å². The van der Waals surface area contributed by atoms with Gasteiger partial charge in [0.25, 0.3) is 0 Å². The van der Waals surface area contributed by atoms with Gasteiger partial charge in [0.2, 0.25) is 0 Å². The minimum atomic E-state index is 0.417. The molecular formula is C14H21NO3. The fourth-order valence-electron chi connectivity index (χ4n) is 2.18. The largest absolute Gasteiger partial charge is 0.497 e. The molecule has 1 saturated carbocycles. The zero-order chi connectivity index (χ0) is 13.0. The van der Waals surface area contributed by atoms with E-state index in [-0.39, 0.29) is 0 Å². The van der Waals surface area contributed by atoms with Crippen LogP contribution in [-0.4, -0.2) is 33.0 Å². The normalized spacial score (nSPS) is 22.2. The van der Waals surface area contributed by atoms with E-state index >= 15 is 0 Å². The van der Waals surface area contributed by atoms with Crippen LogP contribution >= 0.6 is 0 Å². The molecule has 1 N–H and O–H groups in total. The molecule has 1 aliphatic carbocycles. The first-order valence-electron chi connectivity index (χ1n) is 6.36. The predicted octanol–water partition coefficient (Wildman–Crippen LogP) is 2.68. The lowest BCUT2D eigenvalue weighted by molar-refractivity contribution is 0.00299. The summed E-state index contributed by atoms with van der Waals surface area (Å²) in [5.41, 5.74) is 1.03. The van der Waals surface area contributed by atoms with Crippen molar-refractivity contribution in [3.63, 3.8) is 0 Å². The summed E-state index contributed by atoms with van der Waals surface area (Å²) >= 11 is 0. The maximum atomic E-state index is 5.55. The Kier molecular flexibility index (Phi) is 4.31. The number of ether oxygens (including phenoxy) is 3. The van der Waals surface area contributed by atoms with E-state index in [9.17, 15) is 0 Å². The third-order valence-electron chi connectivity index (χ3n) is 3.22. The highest BCUT2D eigenvalue weighted by atomic mass is 16.5. The van der Waals surface area contributed by atoms with Gasteiger partial charge in [0, 0.05) is 36.5 Å². The lowest BCUT2D eigenvalue weighted by Gasteiger charge is -2.36. The van der Waals surface area contributed by atoms with E-state index in [0.717, 1.165) is 36.6 Å². The Morgan fingerprint density at radius 1 is 1.11 bits per heavy atom. The van der Waals surface area contributed by atoms with Gasteiger partial charge in [-0.25, -0.2) is 0 Å². The zero-order valence-electron chi connectivity index (χ0n) is 11.2. The SMILES string of the molecule is CCOC1CC(Nc2cc(OC)cc(OC)c2)C1. The molecule has 0 bridgehead atoms. The average Bonchev–Trinajstić information content (AvgIpc) is 2.35. The van der Waals surface area contributed by atoms with Crippen LogP contribution in [0.2, 0.25) is 0 Å². The first kappa shape index (κ1) is 13.0. The lowest BCUT2D eigenvalue weighted by atomic mass is 9.89. The van der Waals surface area contributed by atoms with Crippen LogP contribution in [0.25, 0.3) is 0 Å². The molecule has 0 heterocycles. The molecule has 1 aliphatic rings. The third kappa shape index (κ3) is 3.07. The number of benzene rings is 1. The van der Waals surface area contributed by atoms with Crippen LogP contribution in [0.5, 0.6) is 11.5 Å². The Bertz CT molecular complexity index is 366. The highest BCUT2D eigenvalue weighted by Crippen LogP contribution is 2.30. The summed E-state index contributed by atoms with van der Waals surface area (Å²) in [6.07, 6.45) is 2.54. The number of rotatable bonds is 6. The Balaban J connectivity index is 1.93. The van der Waals surface area contributed by atoms with Crippen LogP contribution < -0.4 is 14.8 Å².